The lowest BCUT2D eigenvalue weighted by Crippen LogP contribution is -2.59. The molecule has 12 N–H and O–H groups in total. The topological polar surface area (TPSA) is 289 Å². The Morgan fingerprint density at radius 2 is 0.968 bits per heavy atom. The van der Waals surface area contributed by atoms with Gasteiger partial charge < -0.3 is 85.0 Å². The molecule has 17 heteroatoms. The van der Waals surface area contributed by atoms with Crippen LogP contribution in [0.2, 0.25) is 0 Å². The predicted octanol–water partition coefficient (Wildman–Crippen LogP) is 4.34. The van der Waals surface area contributed by atoms with E-state index in [0.29, 0.717) is 0 Å². The maximum atomic E-state index is 12.7. The van der Waals surface area contributed by atoms with E-state index in [1.54, 1.807) is 0 Å². The fraction of sp³-hybridized carbons (Fsp3) is 0.200. The molecule has 6 aromatic rings. The van der Waals surface area contributed by atoms with Crippen molar-refractivity contribution >= 4 is 0 Å². The van der Waals surface area contributed by atoms with Crippen LogP contribution in [0.4, 0.5) is 0 Å². The Morgan fingerprint density at radius 1 is 0.435 bits per heavy atom. The summed E-state index contributed by atoms with van der Waals surface area (Å²) in [5.41, 5.74) is 0.342. The first kappa shape index (κ1) is 37.4. The molecule has 5 aliphatic rings. The van der Waals surface area contributed by atoms with Gasteiger partial charge in [-0.15, -0.1) is 0 Å². The van der Waals surface area contributed by atoms with Gasteiger partial charge in [0.2, 0.25) is 0 Å². The summed E-state index contributed by atoms with van der Waals surface area (Å²) in [6.07, 6.45) is -6.36. The van der Waals surface area contributed by atoms with Crippen LogP contribution >= 0.6 is 0 Å². The van der Waals surface area contributed by atoms with Crippen molar-refractivity contribution in [2.24, 2.45) is 0 Å². The van der Waals surface area contributed by atoms with Gasteiger partial charge in [-0.2, -0.15) is 0 Å². The van der Waals surface area contributed by atoms with E-state index in [1.807, 2.05) is 0 Å². The molecule has 0 fully saturated rings. The lowest BCUT2D eigenvalue weighted by atomic mass is 9.70. The number of benzene rings is 6. The van der Waals surface area contributed by atoms with Crippen LogP contribution in [-0.4, -0.2) is 79.6 Å². The average molecular weight is 847 g/mol. The number of aliphatic hydroxyl groups is 3. The van der Waals surface area contributed by atoms with Crippen molar-refractivity contribution in [2.45, 2.75) is 54.2 Å². The van der Waals surface area contributed by atoms with Crippen LogP contribution in [0.1, 0.15) is 62.4 Å². The zero-order valence-electron chi connectivity index (χ0n) is 31.7. The quantitative estimate of drug-likeness (QED) is 0.110. The Labute approximate surface area is 348 Å². The van der Waals surface area contributed by atoms with E-state index < -0.39 is 88.1 Å². The highest BCUT2D eigenvalue weighted by Gasteiger charge is 2.64. The molecule has 0 amide bonds. The highest BCUT2D eigenvalue weighted by Crippen LogP contribution is 2.67. The molecular weight excluding hydrogens is 812 g/mol. The van der Waals surface area contributed by atoms with Crippen LogP contribution in [0, 0.1) is 0 Å². The third-order valence-electron chi connectivity index (χ3n) is 12.5. The Bertz CT molecular complexity index is 2930. The second kappa shape index (κ2) is 12.5. The second-order valence-corrected chi connectivity index (χ2v) is 15.9. The number of ether oxygens (including phenoxy) is 5. The lowest BCUT2D eigenvalue weighted by Gasteiger charge is -2.53. The number of fused-ring (bicyclic) bond motifs is 15. The van der Waals surface area contributed by atoms with Gasteiger partial charge in [-0.3, -0.25) is 0 Å². The molecule has 62 heavy (non-hydrogen) atoms. The zero-order chi connectivity index (χ0) is 43.3. The summed E-state index contributed by atoms with van der Waals surface area (Å²) in [4.78, 5) is 0. The standard InChI is InChI=1S/C45H34O17/c46-20-7-4-16(10-25(20)51)39-29(55)13-19-24(50)14-31-35(40(19)58-39)38-34-28(54)15-32-36(41(34)62-45(61-31,43(38)57)18-6-9-22(48)27(53)12-18)37-33-23(49)2-1-3-30(33)59-44(60-32,42(37)56)17-5-8-21(47)26(52)11-17/h1-12,14-15,29,37-39,42-43,46-57H,13H2/t29-,37?,38?,39-,42-,43-,44+,45-/m1/s1. The first-order valence-corrected chi connectivity index (χ1v) is 19.3. The first-order chi connectivity index (χ1) is 29.6. The SMILES string of the molecule is Oc1ccc([C@H]2Oc3c(c(O)cc4c3C3c5c(O)cc6c(c5O[C@@](c5ccc(O)c(O)c5)(O4)[C@@H]3O)C3c4c(O)cccc4O[C@@](c4ccc(O)c(O)c4)(O6)[C@@H]3O)C[C@H]2O)cc1O. The highest BCUT2D eigenvalue weighted by atomic mass is 16.7. The van der Waals surface area contributed by atoms with Crippen LogP contribution in [0.25, 0.3) is 0 Å². The summed E-state index contributed by atoms with van der Waals surface area (Å²) in [6.45, 7) is 0. The normalized spacial score (nSPS) is 27.0. The minimum Gasteiger partial charge on any atom is -0.508 e. The molecule has 17 nitrogen and oxygen atoms in total. The van der Waals surface area contributed by atoms with Gasteiger partial charge in [0.1, 0.15) is 64.3 Å². The van der Waals surface area contributed by atoms with Gasteiger partial charge in [-0.05, 0) is 66.2 Å². The molecule has 5 aliphatic heterocycles. The number of phenols is 9. The summed E-state index contributed by atoms with van der Waals surface area (Å²) in [7, 11) is 0. The van der Waals surface area contributed by atoms with Crippen molar-refractivity contribution in [1.82, 2.24) is 0 Å². The number of phenolic OH excluding ortho intramolecular Hbond substituents is 9. The third-order valence-corrected chi connectivity index (χ3v) is 12.5. The molecule has 5 heterocycles. The van der Waals surface area contributed by atoms with Crippen LogP contribution in [-0.2, 0) is 18.0 Å². The van der Waals surface area contributed by atoms with E-state index in [2.05, 4.69) is 0 Å². The van der Waals surface area contributed by atoms with Gasteiger partial charge in [0.15, 0.2) is 34.5 Å². The maximum Gasteiger partial charge on any atom is 0.305 e. The van der Waals surface area contributed by atoms with Gasteiger partial charge in [-0.1, -0.05) is 12.1 Å². The van der Waals surface area contributed by atoms with Gasteiger partial charge >= 0.3 is 11.6 Å². The minimum absolute atomic E-state index is 0.0210. The number of hydrogen-bond donors (Lipinski definition) is 12. The number of aliphatic hydroxyl groups excluding tert-OH is 3. The number of rotatable bonds is 3. The van der Waals surface area contributed by atoms with Crippen molar-refractivity contribution in [1.29, 1.82) is 0 Å². The summed E-state index contributed by atoms with van der Waals surface area (Å²) < 4.78 is 32.7. The van der Waals surface area contributed by atoms with Gasteiger partial charge in [0.25, 0.3) is 0 Å². The summed E-state index contributed by atoms with van der Waals surface area (Å²) >= 11 is 0. The van der Waals surface area contributed by atoms with Crippen LogP contribution < -0.4 is 23.7 Å². The first-order valence-electron chi connectivity index (χ1n) is 19.3. The molecule has 0 aliphatic carbocycles. The maximum absolute atomic E-state index is 12.7. The molecule has 316 valence electrons. The van der Waals surface area contributed by atoms with E-state index in [-0.39, 0.29) is 91.2 Å². The third kappa shape index (κ3) is 4.82. The van der Waals surface area contributed by atoms with E-state index in [9.17, 15) is 61.3 Å². The van der Waals surface area contributed by atoms with Crippen molar-refractivity contribution in [2.75, 3.05) is 0 Å². The van der Waals surface area contributed by atoms with Gasteiger partial charge in [0, 0.05) is 57.5 Å². The largest absolute Gasteiger partial charge is 0.508 e. The summed E-state index contributed by atoms with van der Waals surface area (Å²) in [5, 5.41) is 134. The molecule has 11 rings (SSSR count). The van der Waals surface area contributed by atoms with Crippen molar-refractivity contribution in [3.8, 4) is 80.5 Å². The van der Waals surface area contributed by atoms with Gasteiger partial charge in [0.05, 0.1) is 17.9 Å². The molecular formula is C45H34O17. The van der Waals surface area contributed by atoms with Gasteiger partial charge in [-0.25, -0.2) is 0 Å². The second-order valence-electron chi connectivity index (χ2n) is 15.9. The molecule has 2 unspecified atom stereocenters. The Morgan fingerprint density at radius 3 is 1.58 bits per heavy atom. The summed E-state index contributed by atoms with van der Waals surface area (Å²) in [6, 6.07) is 17.8. The van der Waals surface area contributed by atoms with Crippen LogP contribution in [0.5, 0.6) is 80.5 Å². The summed E-state index contributed by atoms with van der Waals surface area (Å²) in [5.74, 6) is -12.2. The molecule has 0 saturated carbocycles. The van der Waals surface area contributed by atoms with E-state index in [4.69, 9.17) is 23.7 Å². The van der Waals surface area contributed by atoms with Crippen molar-refractivity contribution < 1.29 is 85.0 Å². The number of aromatic hydroxyl groups is 9. The van der Waals surface area contributed by atoms with Crippen LogP contribution in [0.3, 0.4) is 0 Å². The smallest absolute Gasteiger partial charge is 0.305 e. The Balaban J connectivity index is 1.19. The molecule has 0 radical (unpaired) electrons. The molecule has 0 aromatic heterocycles. The average Bonchev–Trinajstić information content (AvgIpc) is 3.22. The monoisotopic (exact) mass is 846 g/mol. The van der Waals surface area contributed by atoms with Crippen molar-refractivity contribution in [3.63, 3.8) is 0 Å². The minimum atomic E-state index is -2.39. The molecule has 0 spiro atoms. The van der Waals surface area contributed by atoms with Crippen LogP contribution in [0.15, 0.2) is 84.9 Å². The molecule has 0 saturated heterocycles. The molecule has 8 atom stereocenters. The Hall–Kier alpha value is -7.60. The fourth-order valence-corrected chi connectivity index (χ4v) is 9.64. The predicted molar refractivity (Wildman–Crippen MR) is 208 cm³/mol. The lowest BCUT2D eigenvalue weighted by molar-refractivity contribution is -0.227. The highest BCUT2D eigenvalue weighted by molar-refractivity contribution is 5.73. The van der Waals surface area contributed by atoms with E-state index in [1.165, 1.54) is 60.7 Å². The Kier molecular flexibility index (Phi) is 7.53. The molecule has 6 aromatic carbocycles. The van der Waals surface area contributed by atoms with E-state index in [0.717, 1.165) is 24.3 Å². The molecule has 4 bridgehead atoms. The van der Waals surface area contributed by atoms with Crippen molar-refractivity contribution in [3.05, 3.63) is 129 Å². The van der Waals surface area contributed by atoms with E-state index >= 15 is 0 Å². The fourth-order valence-electron chi connectivity index (χ4n) is 9.64. The zero-order valence-corrected chi connectivity index (χ0v) is 31.7. The number of hydrogen-bond acceptors (Lipinski definition) is 17.